The normalized spacial score (nSPS) is 16.5. The Bertz CT molecular complexity index is 573. The molecule has 112 valence electrons. The van der Waals surface area contributed by atoms with Gasteiger partial charge in [0.15, 0.2) is 16.7 Å². The molecule has 1 aliphatic rings. The number of ether oxygens (including phenoxy) is 2. The third-order valence-electron chi connectivity index (χ3n) is 2.59. The van der Waals surface area contributed by atoms with Crippen LogP contribution in [-0.2, 0) is 4.79 Å². The van der Waals surface area contributed by atoms with Crippen molar-refractivity contribution in [1.29, 1.82) is 0 Å². The average molecular weight is 307 g/mol. The van der Waals surface area contributed by atoms with Crippen molar-refractivity contribution in [3.05, 3.63) is 23.8 Å². The summed E-state index contributed by atoms with van der Waals surface area (Å²) in [5.74, 6) is 1.71. The number of hydrogen-bond donors (Lipinski definition) is 1. The van der Waals surface area contributed by atoms with Crippen molar-refractivity contribution in [2.45, 2.75) is 13.3 Å². The number of amidine groups is 1. The standard InChI is InChI=1S/C14H17N3O3S/c1-3-6-20-12-7-10(4-5-11(12)19-2)8-15-17-14-16-13(18)9-21-14/h4-5,7-8H,3,6,9H2,1-2H3,(H,16,17,18). The Kier molecular flexibility index (Phi) is 5.62. The molecule has 0 aromatic heterocycles. The zero-order valence-corrected chi connectivity index (χ0v) is 12.8. The van der Waals surface area contributed by atoms with Crippen molar-refractivity contribution in [2.75, 3.05) is 19.5 Å². The van der Waals surface area contributed by atoms with Crippen LogP contribution in [0.15, 0.2) is 28.4 Å². The zero-order valence-electron chi connectivity index (χ0n) is 12.0. The number of amides is 1. The average Bonchev–Trinajstić information content (AvgIpc) is 2.91. The van der Waals surface area contributed by atoms with E-state index in [4.69, 9.17) is 9.47 Å². The van der Waals surface area contributed by atoms with Crippen LogP contribution >= 0.6 is 11.8 Å². The van der Waals surface area contributed by atoms with E-state index in [0.29, 0.717) is 29.0 Å². The highest BCUT2D eigenvalue weighted by molar-refractivity contribution is 8.15. The van der Waals surface area contributed by atoms with Gasteiger partial charge in [-0.05, 0) is 30.2 Å². The number of carbonyl (C=O) groups excluding carboxylic acids is 1. The molecule has 0 radical (unpaired) electrons. The van der Waals surface area contributed by atoms with Gasteiger partial charge in [-0.2, -0.15) is 5.10 Å². The summed E-state index contributed by atoms with van der Waals surface area (Å²) in [5.41, 5.74) is 0.848. The Hall–Kier alpha value is -2.02. The molecule has 1 heterocycles. The first-order chi connectivity index (χ1) is 10.2. The van der Waals surface area contributed by atoms with Crippen molar-refractivity contribution in [2.24, 2.45) is 10.2 Å². The van der Waals surface area contributed by atoms with Crippen molar-refractivity contribution in [3.63, 3.8) is 0 Å². The fraction of sp³-hybridized carbons (Fsp3) is 0.357. The van der Waals surface area contributed by atoms with Crippen LogP contribution in [0.4, 0.5) is 0 Å². The molecule has 0 bridgehead atoms. The first-order valence-corrected chi connectivity index (χ1v) is 7.56. The van der Waals surface area contributed by atoms with Gasteiger partial charge in [0.25, 0.3) is 0 Å². The van der Waals surface area contributed by atoms with Gasteiger partial charge in [-0.15, -0.1) is 5.10 Å². The third-order valence-corrected chi connectivity index (χ3v) is 3.45. The second-order valence-corrected chi connectivity index (χ2v) is 5.21. The lowest BCUT2D eigenvalue weighted by molar-refractivity contribution is -0.116. The van der Waals surface area contributed by atoms with Crippen LogP contribution in [-0.4, -0.2) is 36.8 Å². The number of thioether (sulfide) groups is 1. The topological polar surface area (TPSA) is 72.3 Å². The summed E-state index contributed by atoms with van der Waals surface area (Å²) in [7, 11) is 1.61. The van der Waals surface area contributed by atoms with Gasteiger partial charge in [0.1, 0.15) is 0 Å². The zero-order chi connectivity index (χ0) is 15.1. The van der Waals surface area contributed by atoms with Gasteiger partial charge in [-0.3, -0.25) is 4.79 Å². The van der Waals surface area contributed by atoms with Crippen LogP contribution in [0.3, 0.4) is 0 Å². The molecule has 1 aromatic rings. The Morgan fingerprint density at radius 3 is 2.95 bits per heavy atom. The van der Waals surface area contributed by atoms with Crippen molar-refractivity contribution in [1.82, 2.24) is 5.32 Å². The smallest absolute Gasteiger partial charge is 0.236 e. The molecule has 2 rings (SSSR count). The number of rotatable bonds is 6. The number of nitrogens with one attached hydrogen (secondary N) is 1. The summed E-state index contributed by atoms with van der Waals surface area (Å²) >= 11 is 1.34. The van der Waals surface area contributed by atoms with E-state index in [1.54, 1.807) is 13.3 Å². The summed E-state index contributed by atoms with van der Waals surface area (Å²) in [4.78, 5) is 11.0. The Morgan fingerprint density at radius 1 is 1.43 bits per heavy atom. The van der Waals surface area contributed by atoms with Crippen molar-refractivity contribution in [3.8, 4) is 11.5 Å². The van der Waals surface area contributed by atoms with E-state index < -0.39 is 0 Å². The molecule has 0 spiro atoms. The number of benzene rings is 1. The predicted octanol–water partition coefficient (Wildman–Crippen LogP) is 2.04. The summed E-state index contributed by atoms with van der Waals surface area (Å²) < 4.78 is 10.9. The number of methoxy groups -OCH3 is 1. The SMILES string of the molecule is CCCOc1cc(C=NN=C2NC(=O)CS2)ccc1OC. The quantitative estimate of drug-likeness (QED) is 0.645. The highest BCUT2D eigenvalue weighted by Crippen LogP contribution is 2.27. The molecule has 0 unspecified atom stereocenters. The predicted molar refractivity (Wildman–Crippen MR) is 84.4 cm³/mol. The molecule has 1 amide bonds. The van der Waals surface area contributed by atoms with Gasteiger partial charge < -0.3 is 14.8 Å². The summed E-state index contributed by atoms with van der Waals surface area (Å²) in [6, 6.07) is 5.53. The molecule has 6 nitrogen and oxygen atoms in total. The first-order valence-electron chi connectivity index (χ1n) is 6.57. The minimum absolute atomic E-state index is 0.0475. The van der Waals surface area contributed by atoms with E-state index in [-0.39, 0.29) is 5.91 Å². The molecule has 0 aliphatic carbocycles. The lowest BCUT2D eigenvalue weighted by Gasteiger charge is -2.10. The molecule has 1 saturated heterocycles. The van der Waals surface area contributed by atoms with Gasteiger partial charge in [-0.25, -0.2) is 0 Å². The minimum Gasteiger partial charge on any atom is -0.493 e. The van der Waals surface area contributed by atoms with Crippen LogP contribution in [0, 0.1) is 0 Å². The van der Waals surface area contributed by atoms with Crippen molar-refractivity contribution >= 4 is 29.1 Å². The van der Waals surface area contributed by atoms with Crippen LogP contribution in [0.1, 0.15) is 18.9 Å². The maximum absolute atomic E-state index is 11.0. The Labute approximate surface area is 127 Å². The molecule has 7 heteroatoms. The summed E-state index contributed by atoms with van der Waals surface area (Å²) in [5, 5.41) is 11.0. The molecule has 1 aliphatic heterocycles. The second kappa shape index (κ2) is 7.68. The van der Waals surface area contributed by atoms with Crippen LogP contribution in [0.25, 0.3) is 0 Å². The number of carbonyl (C=O) groups is 1. The molecular weight excluding hydrogens is 290 g/mol. The minimum atomic E-state index is -0.0475. The van der Waals surface area contributed by atoms with E-state index >= 15 is 0 Å². The molecule has 21 heavy (non-hydrogen) atoms. The molecular formula is C14H17N3O3S. The summed E-state index contributed by atoms with van der Waals surface area (Å²) in [6.07, 6.45) is 2.53. The van der Waals surface area contributed by atoms with Crippen LogP contribution < -0.4 is 14.8 Å². The van der Waals surface area contributed by atoms with Crippen LogP contribution in [0.5, 0.6) is 11.5 Å². The maximum Gasteiger partial charge on any atom is 0.236 e. The van der Waals surface area contributed by atoms with Crippen LogP contribution in [0.2, 0.25) is 0 Å². The highest BCUT2D eigenvalue weighted by atomic mass is 32.2. The second-order valence-electron chi connectivity index (χ2n) is 4.25. The fourth-order valence-corrected chi connectivity index (χ4v) is 2.26. The van der Waals surface area contributed by atoms with E-state index in [2.05, 4.69) is 15.5 Å². The van der Waals surface area contributed by atoms with Gasteiger partial charge in [0, 0.05) is 0 Å². The van der Waals surface area contributed by atoms with Gasteiger partial charge in [0.05, 0.1) is 25.7 Å². The molecule has 1 fully saturated rings. The van der Waals surface area contributed by atoms with E-state index in [1.807, 2.05) is 25.1 Å². The van der Waals surface area contributed by atoms with E-state index in [9.17, 15) is 4.79 Å². The first kappa shape index (κ1) is 15.4. The molecule has 0 saturated carbocycles. The lowest BCUT2D eigenvalue weighted by atomic mass is 10.2. The number of hydrogen-bond acceptors (Lipinski definition) is 6. The lowest BCUT2D eigenvalue weighted by Crippen LogP contribution is -2.19. The van der Waals surface area contributed by atoms with Gasteiger partial charge in [0.2, 0.25) is 5.91 Å². The highest BCUT2D eigenvalue weighted by Gasteiger charge is 2.15. The Balaban J connectivity index is 2.07. The monoisotopic (exact) mass is 307 g/mol. The van der Waals surface area contributed by atoms with Gasteiger partial charge >= 0.3 is 0 Å². The van der Waals surface area contributed by atoms with E-state index in [0.717, 1.165) is 12.0 Å². The molecule has 1 N–H and O–H groups in total. The number of nitrogens with zero attached hydrogens (tertiary/aromatic N) is 2. The molecule has 0 atom stereocenters. The molecule has 1 aromatic carbocycles. The third kappa shape index (κ3) is 4.49. The fourth-order valence-electron chi connectivity index (χ4n) is 1.63. The van der Waals surface area contributed by atoms with Gasteiger partial charge in [-0.1, -0.05) is 18.7 Å². The maximum atomic E-state index is 11.0. The largest absolute Gasteiger partial charge is 0.493 e. The van der Waals surface area contributed by atoms with Crippen molar-refractivity contribution < 1.29 is 14.3 Å². The van der Waals surface area contributed by atoms with E-state index in [1.165, 1.54) is 11.8 Å². The summed E-state index contributed by atoms with van der Waals surface area (Å²) in [6.45, 7) is 2.67. The Morgan fingerprint density at radius 2 is 2.29 bits per heavy atom.